The van der Waals surface area contributed by atoms with Crippen molar-refractivity contribution in [2.24, 2.45) is 5.92 Å². The van der Waals surface area contributed by atoms with Crippen molar-refractivity contribution in [3.63, 3.8) is 0 Å². The van der Waals surface area contributed by atoms with Crippen molar-refractivity contribution in [1.29, 1.82) is 0 Å². The molecule has 0 bridgehead atoms. The summed E-state index contributed by atoms with van der Waals surface area (Å²) in [6.45, 7) is 4.16. The smallest absolute Gasteiger partial charge is 0.0916 e. The van der Waals surface area contributed by atoms with Crippen LogP contribution in [0.2, 0.25) is 0 Å². The molecule has 1 aromatic heterocycles. The van der Waals surface area contributed by atoms with Gasteiger partial charge < -0.3 is 5.11 Å². The maximum absolute atomic E-state index is 9.51. The quantitative estimate of drug-likeness (QED) is 0.753. The molecule has 62 valence electrons. The van der Waals surface area contributed by atoms with Crippen LogP contribution in [0, 0.1) is 5.92 Å². The lowest BCUT2D eigenvalue weighted by Gasteiger charge is -2.08. The number of nitrogens with zero attached hydrogens (tertiary/aromatic N) is 2. The molecule has 0 fully saturated rings. The van der Waals surface area contributed by atoms with Gasteiger partial charge in [0.2, 0.25) is 0 Å². The van der Waals surface area contributed by atoms with Crippen LogP contribution in [0.25, 0.3) is 0 Å². The second-order valence-electron chi connectivity index (χ2n) is 2.97. The molecule has 1 rings (SSSR count). The summed E-state index contributed by atoms with van der Waals surface area (Å²) in [7, 11) is 0. The summed E-state index contributed by atoms with van der Waals surface area (Å²) in [4.78, 5) is 0.860. The summed E-state index contributed by atoms with van der Waals surface area (Å²) in [5.41, 5.74) is 0. The largest absolute Gasteiger partial charge is 0.387 e. The molecular weight excluding hydrogens is 160 g/mol. The van der Waals surface area contributed by atoms with E-state index in [0.717, 1.165) is 11.3 Å². The van der Waals surface area contributed by atoms with E-state index in [0.29, 0.717) is 5.92 Å². The summed E-state index contributed by atoms with van der Waals surface area (Å²) >= 11 is 1.26. The average Bonchev–Trinajstić information content (AvgIpc) is 2.35. The van der Waals surface area contributed by atoms with Crippen molar-refractivity contribution in [1.82, 2.24) is 9.59 Å². The van der Waals surface area contributed by atoms with E-state index >= 15 is 0 Å². The number of aliphatic hydroxyl groups excluding tert-OH is 1. The van der Waals surface area contributed by atoms with Gasteiger partial charge in [0.25, 0.3) is 0 Å². The van der Waals surface area contributed by atoms with Crippen LogP contribution in [0.15, 0.2) is 6.20 Å². The van der Waals surface area contributed by atoms with Gasteiger partial charge in [-0.3, -0.25) is 0 Å². The monoisotopic (exact) mass is 172 g/mol. The van der Waals surface area contributed by atoms with E-state index in [1.807, 2.05) is 0 Å². The Bertz CT molecular complexity index is 198. The topological polar surface area (TPSA) is 46.0 Å². The molecule has 0 amide bonds. The van der Waals surface area contributed by atoms with Gasteiger partial charge in [-0.05, 0) is 23.9 Å². The van der Waals surface area contributed by atoms with E-state index in [-0.39, 0.29) is 6.10 Å². The molecule has 0 saturated carbocycles. The molecule has 1 unspecified atom stereocenters. The van der Waals surface area contributed by atoms with Crippen molar-refractivity contribution >= 4 is 11.5 Å². The Morgan fingerprint density at radius 1 is 1.64 bits per heavy atom. The molecule has 0 spiro atoms. The Morgan fingerprint density at radius 3 is 2.82 bits per heavy atom. The third-order valence-corrected chi connectivity index (χ3v) is 2.17. The molecule has 1 heterocycles. The minimum Gasteiger partial charge on any atom is -0.387 e. The number of aromatic nitrogens is 2. The number of hydrogen-bond acceptors (Lipinski definition) is 4. The summed E-state index contributed by atoms with van der Waals surface area (Å²) < 4.78 is 3.68. The second-order valence-corrected chi connectivity index (χ2v) is 3.78. The minimum atomic E-state index is -0.380. The van der Waals surface area contributed by atoms with Crippen LogP contribution in [0.5, 0.6) is 0 Å². The van der Waals surface area contributed by atoms with Crippen molar-refractivity contribution < 1.29 is 5.11 Å². The Labute approximate surface area is 70.2 Å². The lowest BCUT2D eigenvalue weighted by molar-refractivity contribution is 0.154. The molecule has 0 radical (unpaired) electrons. The molecule has 0 aliphatic heterocycles. The van der Waals surface area contributed by atoms with E-state index in [2.05, 4.69) is 23.4 Å². The van der Waals surface area contributed by atoms with Crippen molar-refractivity contribution in [3.05, 3.63) is 11.1 Å². The summed E-state index contributed by atoms with van der Waals surface area (Å²) in [5.74, 6) is 0.507. The highest BCUT2D eigenvalue weighted by Gasteiger charge is 2.11. The second kappa shape index (κ2) is 3.78. The summed E-state index contributed by atoms with van der Waals surface area (Å²) in [6, 6.07) is 0. The molecular formula is C7H12N2OS. The van der Waals surface area contributed by atoms with Gasteiger partial charge in [-0.25, -0.2) is 0 Å². The van der Waals surface area contributed by atoms with Crippen molar-refractivity contribution in [2.75, 3.05) is 0 Å². The summed E-state index contributed by atoms with van der Waals surface area (Å²) in [6.07, 6.45) is 2.02. The zero-order chi connectivity index (χ0) is 8.27. The van der Waals surface area contributed by atoms with Gasteiger partial charge >= 0.3 is 0 Å². The fourth-order valence-corrected chi connectivity index (χ4v) is 1.39. The predicted molar refractivity (Wildman–Crippen MR) is 44.3 cm³/mol. The first-order chi connectivity index (χ1) is 5.20. The Morgan fingerprint density at radius 2 is 2.36 bits per heavy atom. The molecule has 11 heavy (non-hydrogen) atoms. The first-order valence-electron chi connectivity index (χ1n) is 3.65. The Kier molecular flexibility index (Phi) is 2.96. The zero-order valence-corrected chi connectivity index (χ0v) is 7.51. The van der Waals surface area contributed by atoms with E-state index in [1.54, 1.807) is 6.20 Å². The fraction of sp³-hybridized carbons (Fsp3) is 0.714. The van der Waals surface area contributed by atoms with E-state index in [9.17, 15) is 5.11 Å². The lowest BCUT2D eigenvalue weighted by Crippen LogP contribution is -1.99. The van der Waals surface area contributed by atoms with E-state index < -0.39 is 0 Å². The third-order valence-electron chi connectivity index (χ3n) is 1.40. The lowest BCUT2D eigenvalue weighted by atomic mass is 10.1. The highest BCUT2D eigenvalue weighted by Crippen LogP contribution is 2.21. The third kappa shape index (κ3) is 2.55. The molecule has 0 saturated heterocycles. The standard InChI is InChI=1S/C7H12N2OS/c1-5(2)3-6(10)7-4-8-9-11-7/h4-6,10H,3H2,1-2H3. The normalized spacial score (nSPS) is 13.8. The van der Waals surface area contributed by atoms with Gasteiger partial charge in [0.05, 0.1) is 17.2 Å². The van der Waals surface area contributed by atoms with Gasteiger partial charge in [-0.1, -0.05) is 18.3 Å². The molecule has 0 aliphatic rings. The van der Waals surface area contributed by atoms with Gasteiger partial charge in [-0.15, -0.1) is 5.10 Å². The first kappa shape index (κ1) is 8.62. The maximum atomic E-state index is 9.51. The predicted octanol–water partition coefficient (Wildman–Crippen LogP) is 1.62. The summed E-state index contributed by atoms with van der Waals surface area (Å²) in [5, 5.41) is 13.2. The fourth-order valence-electron chi connectivity index (χ4n) is 0.884. The molecule has 1 aromatic rings. The van der Waals surface area contributed by atoms with Crippen LogP contribution in [0.1, 0.15) is 31.2 Å². The molecule has 3 nitrogen and oxygen atoms in total. The van der Waals surface area contributed by atoms with Gasteiger partial charge in [0.1, 0.15) is 0 Å². The van der Waals surface area contributed by atoms with Crippen molar-refractivity contribution in [3.8, 4) is 0 Å². The van der Waals surface area contributed by atoms with Gasteiger partial charge in [0, 0.05) is 0 Å². The number of aliphatic hydroxyl groups is 1. The van der Waals surface area contributed by atoms with Crippen LogP contribution >= 0.6 is 11.5 Å². The minimum absolute atomic E-state index is 0.380. The zero-order valence-electron chi connectivity index (χ0n) is 6.69. The van der Waals surface area contributed by atoms with Crippen LogP contribution in [0.4, 0.5) is 0 Å². The van der Waals surface area contributed by atoms with Crippen LogP contribution in [0.3, 0.4) is 0 Å². The van der Waals surface area contributed by atoms with Crippen LogP contribution < -0.4 is 0 Å². The Balaban J connectivity index is 2.49. The Hall–Kier alpha value is -0.480. The molecule has 0 aliphatic carbocycles. The number of rotatable bonds is 3. The molecule has 1 N–H and O–H groups in total. The highest BCUT2D eigenvalue weighted by atomic mass is 32.1. The number of hydrogen-bond donors (Lipinski definition) is 1. The van der Waals surface area contributed by atoms with E-state index in [1.165, 1.54) is 11.5 Å². The molecule has 4 heteroatoms. The molecule has 0 aromatic carbocycles. The highest BCUT2D eigenvalue weighted by molar-refractivity contribution is 7.05. The van der Waals surface area contributed by atoms with Gasteiger partial charge in [-0.2, -0.15) is 0 Å². The van der Waals surface area contributed by atoms with Crippen LogP contribution in [-0.4, -0.2) is 14.7 Å². The van der Waals surface area contributed by atoms with Crippen molar-refractivity contribution in [2.45, 2.75) is 26.4 Å². The average molecular weight is 172 g/mol. The maximum Gasteiger partial charge on any atom is 0.0916 e. The van der Waals surface area contributed by atoms with Gasteiger partial charge in [0.15, 0.2) is 0 Å². The first-order valence-corrected chi connectivity index (χ1v) is 4.43. The molecule has 1 atom stereocenters. The van der Waals surface area contributed by atoms with Crippen LogP contribution in [-0.2, 0) is 0 Å². The SMILES string of the molecule is CC(C)CC(O)c1cnns1. The van der Waals surface area contributed by atoms with E-state index in [4.69, 9.17) is 0 Å².